The van der Waals surface area contributed by atoms with Gasteiger partial charge in [0.1, 0.15) is 17.3 Å². The summed E-state index contributed by atoms with van der Waals surface area (Å²) in [5.41, 5.74) is 2.09. The molecular weight excluding hydrogens is 476 g/mol. The Bertz CT molecular complexity index is 1320. The Hall–Kier alpha value is -3.92. The van der Waals surface area contributed by atoms with E-state index < -0.39 is 0 Å². The molecule has 1 saturated heterocycles. The molecule has 0 amide bonds. The molecule has 38 heavy (non-hydrogen) atoms. The minimum Gasteiger partial charge on any atom is -0.497 e. The molecule has 0 N–H and O–H groups in total. The van der Waals surface area contributed by atoms with E-state index in [2.05, 4.69) is 22.9 Å². The molecule has 7 heteroatoms. The van der Waals surface area contributed by atoms with Crippen LogP contribution in [0.5, 0.6) is 11.5 Å². The van der Waals surface area contributed by atoms with Crippen LogP contribution >= 0.6 is 0 Å². The van der Waals surface area contributed by atoms with E-state index in [1.165, 1.54) is 12.8 Å². The summed E-state index contributed by atoms with van der Waals surface area (Å²) in [5.74, 6) is 4.43. The summed E-state index contributed by atoms with van der Waals surface area (Å²) in [5, 5.41) is 9.20. The lowest BCUT2D eigenvalue weighted by Crippen LogP contribution is -2.36. The molecule has 1 unspecified atom stereocenters. The van der Waals surface area contributed by atoms with Gasteiger partial charge in [-0.05, 0) is 73.8 Å². The standard InChI is InChI=1S/C31H34N4O3/c1-21(14-29(36)26-16-27(37-2)18-28(17-26)38-20-22-6-7-22)24-9-12-35(13-10-24)30-8-11-33-31(34-30)25-5-3-4-23(15-25)19-32/h3-5,8,11,15-18,21-22,24H,6-7,9-10,12-14,20H2,1-2H3. The number of piperidine rings is 1. The summed E-state index contributed by atoms with van der Waals surface area (Å²) >= 11 is 0. The van der Waals surface area contributed by atoms with Crippen molar-refractivity contribution < 1.29 is 14.3 Å². The second-order valence-corrected chi connectivity index (χ2v) is 10.5. The number of hydrogen-bond donors (Lipinski definition) is 0. The van der Waals surface area contributed by atoms with E-state index in [0.29, 0.717) is 53.3 Å². The maximum atomic E-state index is 13.2. The molecule has 3 aromatic rings. The number of Topliss-reactive ketones (excluding diaryl/α,β-unsaturated/α-hetero) is 1. The zero-order chi connectivity index (χ0) is 26.5. The number of anilines is 1. The number of rotatable bonds is 10. The van der Waals surface area contributed by atoms with Crippen LogP contribution in [0.2, 0.25) is 0 Å². The van der Waals surface area contributed by atoms with Gasteiger partial charge in [-0.15, -0.1) is 0 Å². The van der Waals surface area contributed by atoms with E-state index in [-0.39, 0.29) is 11.7 Å². The van der Waals surface area contributed by atoms with Crippen molar-refractivity contribution in [3.63, 3.8) is 0 Å². The molecule has 1 aromatic heterocycles. The van der Waals surface area contributed by atoms with E-state index in [9.17, 15) is 10.1 Å². The normalized spacial score (nSPS) is 16.5. The second kappa shape index (κ2) is 11.6. The summed E-state index contributed by atoms with van der Waals surface area (Å²) in [6.45, 7) is 4.66. The number of hydrogen-bond acceptors (Lipinski definition) is 7. The molecule has 5 rings (SSSR count). The topological polar surface area (TPSA) is 88.3 Å². The van der Waals surface area contributed by atoms with Crippen LogP contribution in [0.4, 0.5) is 5.82 Å². The van der Waals surface area contributed by atoms with Gasteiger partial charge in [-0.25, -0.2) is 9.97 Å². The number of ketones is 1. The first kappa shape index (κ1) is 25.7. The number of aromatic nitrogens is 2. The van der Waals surface area contributed by atoms with Crippen molar-refractivity contribution in [3.8, 4) is 29.0 Å². The van der Waals surface area contributed by atoms with Gasteiger partial charge in [0.15, 0.2) is 11.6 Å². The van der Waals surface area contributed by atoms with Crippen LogP contribution < -0.4 is 14.4 Å². The number of nitrogens with zero attached hydrogens (tertiary/aromatic N) is 4. The Balaban J connectivity index is 1.18. The Morgan fingerprint density at radius 2 is 1.89 bits per heavy atom. The molecule has 1 aliphatic heterocycles. The number of methoxy groups -OCH3 is 1. The maximum Gasteiger partial charge on any atom is 0.163 e. The number of carbonyl (C=O) groups is 1. The van der Waals surface area contributed by atoms with Crippen molar-refractivity contribution in [1.82, 2.24) is 9.97 Å². The first-order valence-electron chi connectivity index (χ1n) is 13.5. The van der Waals surface area contributed by atoms with Crippen LogP contribution in [-0.2, 0) is 0 Å². The quantitative estimate of drug-likeness (QED) is 0.312. The fraction of sp³-hybridized carbons (Fsp3) is 0.419. The molecule has 2 fully saturated rings. The minimum atomic E-state index is 0.134. The van der Waals surface area contributed by atoms with Gasteiger partial charge in [0, 0.05) is 42.9 Å². The summed E-state index contributed by atoms with van der Waals surface area (Å²) < 4.78 is 11.4. The highest BCUT2D eigenvalue weighted by molar-refractivity contribution is 5.97. The van der Waals surface area contributed by atoms with E-state index in [1.807, 2.05) is 42.5 Å². The van der Waals surface area contributed by atoms with E-state index in [1.54, 1.807) is 19.4 Å². The molecule has 0 spiro atoms. The average Bonchev–Trinajstić information content (AvgIpc) is 3.81. The number of carbonyl (C=O) groups excluding carboxylic acids is 1. The van der Waals surface area contributed by atoms with Crippen LogP contribution in [0.25, 0.3) is 11.4 Å². The van der Waals surface area contributed by atoms with Gasteiger partial charge in [-0.1, -0.05) is 19.1 Å². The zero-order valence-electron chi connectivity index (χ0n) is 22.1. The maximum absolute atomic E-state index is 13.2. The molecule has 2 heterocycles. The van der Waals surface area contributed by atoms with Crippen LogP contribution in [0.3, 0.4) is 0 Å². The third-order valence-electron chi connectivity index (χ3n) is 7.69. The van der Waals surface area contributed by atoms with Crippen molar-refractivity contribution >= 4 is 11.6 Å². The molecule has 2 aliphatic rings. The molecular formula is C31H34N4O3. The molecule has 2 aromatic carbocycles. The lowest BCUT2D eigenvalue weighted by molar-refractivity contribution is 0.0942. The molecule has 196 valence electrons. The Kier molecular flexibility index (Phi) is 7.88. The predicted molar refractivity (Wildman–Crippen MR) is 146 cm³/mol. The molecule has 7 nitrogen and oxygen atoms in total. The summed E-state index contributed by atoms with van der Waals surface area (Å²) in [7, 11) is 1.62. The third kappa shape index (κ3) is 6.31. The average molecular weight is 511 g/mol. The van der Waals surface area contributed by atoms with Crippen molar-refractivity contribution in [2.45, 2.75) is 39.0 Å². The van der Waals surface area contributed by atoms with Crippen LogP contribution in [0.1, 0.15) is 54.9 Å². The minimum absolute atomic E-state index is 0.134. The lowest BCUT2D eigenvalue weighted by Gasteiger charge is -2.35. The van der Waals surface area contributed by atoms with Crippen molar-refractivity contribution in [2.75, 3.05) is 31.7 Å². The van der Waals surface area contributed by atoms with E-state index in [4.69, 9.17) is 14.5 Å². The van der Waals surface area contributed by atoms with Crippen molar-refractivity contribution in [3.05, 3.63) is 65.9 Å². The Morgan fingerprint density at radius 1 is 1.11 bits per heavy atom. The summed E-state index contributed by atoms with van der Waals surface area (Å²) in [6.07, 6.45) is 6.74. The van der Waals surface area contributed by atoms with Gasteiger partial charge >= 0.3 is 0 Å². The second-order valence-electron chi connectivity index (χ2n) is 10.5. The van der Waals surface area contributed by atoms with Gasteiger partial charge < -0.3 is 14.4 Å². The summed E-state index contributed by atoms with van der Waals surface area (Å²) in [4.78, 5) is 24.7. The molecule has 1 atom stereocenters. The molecule has 0 radical (unpaired) electrons. The first-order chi connectivity index (χ1) is 18.5. The van der Waals surface area contributed by atoms with Crippen LogP contribution in [-0.4, -0.2) is 42.6 Å². The SMILES string of the molecule is COc1cc(OCC2CC2)cc(C(=O)CC(C)C2CCN(c3ccnc(-c4cccc(C#N)c4)n3)CC2)c1. The van der Waals surface area contributed by atoms with E-state index in [0.717, 1.165) is 37.3 Å². The monoisotopic (exact) mass is 510 g/mol. The highest BCUT2D eigenvalue weighted by Gasteiger charge is 2.27. The number of nitriles is 1. The first-order valence-corrected chi connectivity index (χ1v) is 13.5. The fourth-order valence-corrected chi connectivity index (χ4v) is 5.10. The number of ether oxygens (including phenoxy) is 2. The van der Waals surface area contributed by atoms with Crippen LogP contribution in [0.15, 0.2) is 54.7 Å². The van der Waals surface area contributed by atoms with Gasteiger partial charge in [0.25, 0.3) is 0 Å². The highest BCUT2D eigenvalue weighted by Crippen LogP contribution is 2.33. The lowest BCUT2D eigenvalue weighted by atomic mass is 9.82. The molecule has 1 aliphatic carbocycles. The third-order valence-corrected chi connectivity index (χ3v) is 7.69. The number of benzene rings is 2. The fourth-order valence-electron chi connectivity index (χ4n) is 5.10. The Morgan fingerprint density at radius 3 is 2.63 bits per heavy atom. The predicted octanol–water partition coefficient (Wildman–Crippen LogP) is 5.94. The Labute approximate surface area is 224 Å². The largest absolute Gasteiger partial charge is 0.497 e. The van der Waals surface area contributed by atoms with Gasteiger partial charge in [0.05, 0.1) is 25.3 Å². The van der Waals surface area contributed by atoms with Gasteiger partial charge in [-0.2, -0.15) is 5.26 Å². The summed E-state index contributed by atoms with van der Waals surface area (Å²) in [6, 6.07) is 17.0. The van der Waals surface area contributed by atoms with Crippen molar-refractivity contribution in [1.29, 1.82) is 5.26 Å². The van der Waals surface area contributed by atoms with Gasteiger partial charge in [0.2, 0.25) is 0 Å². The zero-order valence-corrected chi connectivity index (χ0v) is 22.1. The van der Waals surface area contributed by atoms with E-state index >= 15 is 0 Å². The smallest absolute Gasteiger partial charge is 0.163 e. The highest BCUT2D eigenvalue weighted by atomic mass is 16.5. The van der Waals surface area contributed by atoms with Gasteiger partial charge in [-0.3, -0.25) is 4.79 Å². The molecule has 1 saturated carbocycles. The molecule has 0 bridgehead atoms. The van der Waals surface area contributed by atoms with Crippen LogP contribution in [0, 0.1) is 29.1 Å². The van der Waals surface area contributed by atoms with Crippen molar-refractivity contribution in [2.24, 2.45) is 17.8 Å².